The number of carbonyl (C=O) groups is 1. The van der Waals surface area contributed by atoms with Crippen LogP contribution in [0.25, 0.3) is 0 Å². The molecular weight excluding hydrogens is 448 g/mol. The van der Waals surface area contributed by atoms with E-state index in [0.717, 1.165) is 38.0 Å². The molecule has 0 saturated heterocycles. The molecule has 5 aliphatic carbocycles. The fraction of sp³-hybridized carbons (Fsp3) is 0.906. The smallest absolute Gasteiger partial charge is 0.314 e. The number of fused-ring (bicyclic) bond motifs is 2. The molecule has 0 aliphatic heterocycles. The summed E-state index contributed by atoms with van der Waals surface area (Å²) in [5.41, 5.74) is 0.934. The molecule has 4 nitrogen and oxygen atoms in total. The number of allylic oxidation sites excluding steroid dienone is 1. The molecule has 11 atom stereocenters. The molecule has 4 heteroatoms. The molecule has 0 aromatic heterocycles. The van der Waals surface area contributed by atoms with Gasteiger partial charge in [0.25, 0.3) is 0 Å². The summed E-state index contributed by atoms with van der Waals surface area (Å²) in [5.74, 6) is 2.30. The van der Waals surface area contributed by atoms with Crippen molar-refractivity contribution >= 4 is 5.97 Å². The van der Waals surface area contributed by atoms with Gasteiger partial charge in [-0.25, -0.2) is 0 Å². The van der Waals surface area contributed by atoms with Crippen LogP contribution in [0.4, 0.5) is 0 Å². The molecule has 0 unspecified atom stereocenters. The van der Waals surface area contributed by atoms with Crippen LogP contribution in [0, 0.1) is 56.7 Å². The van der Waals surface area contributed by atoms with Crippen molar-refractivity contribution in [1.82, 2.24) is 0 Å². The zero-order chi connectivity index (χ0) is 26.5. The molecule has 0 heterocycles. The Morgan fingerprint density at radius 1 is 0.972 bits per heavy atom. The zero-order valence-electron chi connectivity index (χ0n) is 24.0. The summed E-state index contributed by atoms with van der Waals surface area (Å²) in [6.45, 7) is 18.5. The molecular formula is C32H52O4. The number of ether oxygens (including phenoxy) is 1. The number of hydrogen-bond donors (Lipinski definition) is 2. The van der Waals surface area contributed by atoms with Crippen LogP contribution in [0.2, 0.25) is 0 Å². The molecule has 5 rings (SSSR count). The molecule has 0 radical (unpaired) electrons. The van der Waals surface area contributed by atoms with Gasteiger partial charge in [0.2, 0.25) is 0 Å². The summed E-state index contributed by atoms with van der Waals surface area (Å²) in [7, 11) is 1.44. The number of esters is 1. The zero-order valence-corrected chi connectivity index (χ0v) is 24.0. The monoisotopic (exact) mass is 500 g/mol. The molecule has 5 saturated carbocycles. The van der Waals surface area contributed by atoms with E-state index in [2.05, 4.69) is 41.2 Å². The second kappa shape index (κ2) is 8.31. The molecule has 0 bridgehead atoms. The van der Waals surface area contributed by atoms with E-state index < -0.39 is 17.6 Å². The maximum absolute atomic E-state index is 13.1. The summed E-state index contributed by atoms with van der Waals surface area (Å²) >= 11 is 0. The van der Waals surface area contributed by atoms with Crippen molar-refractivity contribution in [1.29, 1.82) is 0 Å². The Bertz CT molecular complexity index is 927. The van der Waals surface area contributed by atoms with Crippen molar-refractivity contribution in [3.05, 3.63) is 12.2 Å². The third kappa shape index (κ3) is 3.04. The SMILES string of the molecule is C=C(CC[C@@H](C)[C@H]1CC[C@@]2(C)[C@@H]3CC[C@H]4[C@](C)(C(=O)OC)[C@@H](O)C[C@H](O)[C@@]45C[C@@]35CC[C@]12C)C(C)C. The number of methoxy groups -OCH3 is 1. The first-order valence-electron chi connectivity index (χ1n) is 14.9. The van der Waals surface area contributed by atoms with Crippen LogP contribution in [0.1, 0.15) is 106 Å². The second-order valence-corrected chi connectivity index (χ2v) is 14.9. The van der Waals surface area contributed by atoms with E-state index in [-0.39, 0.29) is 28.1 Å². The Labute approximate surface area is 219 Å². The lowest BCUT2D eigenvalue weighted by Gasteiger charge is -2.63. The normalized spacial score (nSPS) is 52.0. The first kappa shape index (κ1) is 26.7. The fourth-order valence-corrected chi connectivity index (χ4v) is 11.4. The minimum absolute atomic E-state index is 0.00132. The van der Waals surface area contributed by atoms with Gasteiger partial charge in [-0.1, -0.05) is 46.8 Å². The van der Waals surface area contributed by atoms with E-state index in [0.29, 0.717) is 29.6 Å². The Balaban J connectivity index is 1.44. The maximum atomic E-state index is 13.1. The minimum Gasteiger partial charge on any atom is -0.469 e. The summed E-state index contributed by atoms with van der Waals surface area (Å²) in [6.07, 6.45) is 9.32. The van der Waals surface area contributed by atoms with Crippen LogP contribution in [-0.4, -0.2) is 35.5 Å². The van der Waals surface area contributed by atoms with Crippen LogP contribution >= 0.6 is 0 Å². The highest BCUT2D eigenvalue weighted by Gasteiger charge is 2.85. The lowest BCUT2D eigenvalue weighted by atomic mass is 9.41. The van der Waals surface area contributed by atoms with E-state index in [9.17, 15) is 15.0 Å². The molecule has 5 aliphatic rings. The summed E-state index contributed by atoms with van der Waals surface area (Å²) in [6, 6.07) is 0. The molecule has 2 N–H and O–H groups in total. The highest BCUT2D eigenvalue weighted by Crippen LogP contribution is 2.89. The van der Waals surface area contributed by atoms with Gasteiger partial charge in [0.15, 0.2) is 0 Å². The van der Waals surface area contributed by atoms with Crippen molar-refractivity contribution in [2.24, 2.45) is 56.7 Å². The van der Waals surface area contributed by atoms with Gasteiger partial charge >= 0.3 is 5.97 Å². The first-order chi connectivity index (χ1) is 16.8. The van der Waals surface area contributed by atoms with Crippen molar-refractivity contribution in [2.45, 2.75) is 118 Å². The Kier molecular flexibility index (Phi) is 6.17. The van der Waals surface area contributed by atoms with Gasteiger partial charge in [0.1, 0.15) is 0 Å². The lowest BCUT2D eigenvalue weighted by molar-refractivity contribution is -0.212. The molecule has 5 fully saturated rings. The number of hydrogen-bond acceptors (Lipinski definition) is 4. The predicted octanol–water partition coefficient (Wildman–Crippen LogP) is 6.54. The number of rotatable bonds is 6. The maximum Gasteiger partial charge on any atom is 0.314 e. The first-order valence-corrected chi connectivity index (χ1v) is 14.9. The van der Waals surface area contributed by atoms with Crippen molar-refractivity contribution in [3.8, 4) is 0 Å². The standard InChI is InChI=1S/C32H52O4/c1-19(2)20(3)9-10-21(4)22-13-14-29(6)23-11-12-24-30(7,27(35)36-8)25(33)17-26(34)32(24)18-31(23,32)16-15-28(22,29)5/h19,21-26,33-34H,3,9-18H2,1-2,4-8H3/t21-,22-,23+,24+,25+,26+,28-,29+,30+,31+,32-/m1/s1. The third-order valence-electron chi connectivity index (χ3n) is 13.9. The van der Waals surface area contributed by atoms with E-state index in [4.69, 9.17) is 4.74 Å². The van der Waals surface area contributed by atoms with E-state index in [1.807, 2.05) is 6.92 Å². The molecule has 0 aromatic carbocycles. The summed E-state index contributed by atoms with van der Waals surface area (Å²) in [5, 5.41) is 22.6. The number of aliphatic hydroxyl groups is 2. The molecule has 36 heavy (non-hydrogen) atoms. The van der Waals surface area contributed by atoms with E-state index >= 15 is 0 Å². The molecule has 0 amide bonds. The van der Waals surface area contributed by atoms with Crippen LogP contribution in [0.5, 0.6) is 0 Å². The van der Waals surface area contributed by atoms with Gasteiger partial charge in [-0.05, 0) is 111 Å². The molecule has 0 aromatic rings. The van der Waals surface area contributed by atoms with E-state index in [1.54, 1.807) is 0 Å². The molecule has 204 valence electrons. The van der Waals surface area contributed by atoms with Crippen molar-refractivity contribution in [3.63, 3.8) is 0 Å². The van der Waals surface area contributed by atoms with Crippen LogP contribution in [0.15, 0.2) is 12.2 Å². The summed E-state index contributed by atoms with van der Waals surface area (Å²) < 4.78 is 5.26. The van der Waals surface area contributed by atoms with Gasteiger partial charge in [0, 0.05) is 11.8 Å². The number of aliphatic hydroxyl groups excluding tert-OH is 2. The van der Waals surface area contributed by atoms with E-state index in [1.165, 1.54) is 38.4 Å². The van der Waals surface area contributed by atoms with Gasteiger partial charge < -0.3 is 14.9 Å². The molecule has 2 spiro atoms. The third-order valence-corrected chi connectivity index (χ3v) is 13.9. The summed E-state index contributed by atoms with van der Waals surface area (Å²) in [4.78, 5) is 13.1. The van der Waals surface area contributed by atoms with Gasteiger partial charge in [-0.3, -0.25) is 4.79 Å². The van der Waals surface area contributed by atoms with Crippen LogP contribution in [-0.2, 0) is 9.53 Å². The van der Waals surface area contributed by atoms with Crippen molar-refractivity contribution < 1.29 is 19.7 Å². The average molecular weight is 501 g/mol. The average Bonchev–Trinajstić information content (AvgIpc) is 3.45. The highest BCUT2D eigenvalue weighted by atomic mass is 16.5. The van der Waals surface area contributed by atoms with Crippen molar-refractivity contribution in [2.75, 3.05) is 7.11 Å². The Hall–Kier alpha value is -0.870. The van der Waals surface area contributed by atoms with Crippen LogP contribution in [0.3, 0.4) is 0 Å². The lowest BCUT2D eigenvalue weighted by Crippen LogP contribution is -2.63. The quantitative estimate of drug-likeness (QED) is 0.321. The fourth-order valence-electron chi connectivity index (χ4n) is 11.4. The largest absolute Gasteiger partial charge is 0.469 e. The van der Waals surface area contributed by atoms with Gasteiger partial charge in [-0.15, -0.1) is 0 Å². The Morgan fingerprint density at radius 2 is 1.64 bits per heavy atom. The predicted molar refractivity (Wildman–Crippen MR) is 143 cm³/mol. The minimum atomic E-state index is -0.921. The topological polar surface area (TPSA) is 66.8 Å². The number of carbonyl (C=O) groups excluding carboxylic acids is 1. The highest BCUT2D eigenvalue weighted by molar-refractivity contribution is 5.78. The van der Waals surface area contributed by atoms with Gasteiger partial charge in [-0.2, -0.15) is 0 Å². The second-order valence-electron chi connectivity index (χ2n) is 14.9. The van der Waals surface area contributed by atoms with Crippen LogP contribution < -0.4 is 0 Å². The Morgan fingerprint density at radius 3 is 2.28 bits per heavy atom. The van der Waals surface area contributed by atoms with Gasteiger partial charge in [0.05, 0.1) is 24.7 Å².